The second-order valence-corrected chi connectivity index (χ2v) is 5.14. The fourth-order valence-corrected chi connectivity index (χ4v) is 2.84. The number of thiazole rings is 1. The summed E-state index contributed by atoms with van der Waals surface area (Å²) in [6.45, 7) is 2.12. The molecule has 2 N–H and O–H groups in total. The van der Waals surface area contributed by atoms with Gasteiger partial charge in [0.05, 0.1) is 5.69 Å². The highest BCUT2D eigenvalue weighted by atomic mass is 32.1. The summed E-state index contributed by atoms with van der Waals surface area (Å²) < 4.78 is 0. The Kier molecular flexibility index (Phi) is 2.54. The van der Waals surface area contributed by atoms with E-state index >= 15 is 0 Å². The topological polar surface area (TPSA) is 38.9 Å². The second kappa shape index (κ2) is 3.66. The summed E-state index contributed by atoms with van der Waals surface area (Å²) in [6, 6.07) is 0. The Morgan fingerprint density at radius 1 is 1.46 bits per heavy atom. The average molecular weight is 196 g/mol. The van der Waals surface area contributed by atoms with Gasteiger partial charge in [0.15, 0.2) is 5.13 Å². The molecule has 1 heterocycles. The van der Waals surface area contributed by atoms with Crippen molar-refractivity contribution in [1.29, 1.82) is 0 Å². The van der Waals surface area contributed by atoms with Crippen LogP contribution in [-0.4, -0.2) is 4.98 Å². The molecule has 13 heavy (non-hydrogen) atoms. The van der Waals surface area contributed by atoms with E-state index in [1.807, 2.05) is 0 Å². The van der Waals surface area contributed by atoms with Crippen LogP contribution in [0.1, 0.15) is 36.3 Å². The van der Waals surface area contributed by atoms with E-state index in [9.17, 15) is 0 Å². The molecule has 0 unspecified atom stereocenters. The number of anilines is 1. The lowest BCUT2D eigenvalue weighted by molar-refractivity contribution is 0.539. The minimum atomic E-state index is 0.727. The molecule has 0 amide bonds. The lowest BCUT2D eigenvalue weighted by Gasteiger charge is -2.06. The van der Waals surface area contributed by atoms with E-state index in [1.165, 1.54) is 36.3 Å². The molecule has 3 heteroatoms. The molecule has 0 spiro atoms. The Morgan fingerprint density at radius 3 is 2.69 bits per heavy atom. The molecule has 1 aliphatic carbocycles. The van der Waals surface area contributed by atoms with Crippen molar-refractivity contribution in [3.05, 3.63) is 10.6 Å². The standard InChI is InChI=1S/C10H16N2S/c1-7-9(12-10(11)13-7)6-8-4-2-3-5-8/h8H,2-6H2,1H3,(H2,11,12). The lowest BCUT2D eigenvalue weighted by atomic mass is 10.0. The predicted molar refractivity (Wildman–Crippen MR) is 56.9 cm³/mol. The van der Waals surface area contributed by atoms with Crippen molar-refractivity contribution in [2.75, 3.05) is 5.73 Å². The number of nitrogens with two attached hydrogens (primary N) is 1. The van der Waals surface area contributed by atoms with Gasteiger partial charge in [-0.3, -0.25) is 0 Å². The molecule has 0 aliphatic heterocycles. The van der Waals surface area contributed by atoms with E-state index in [0.29, 0.717) is 0 Å². The lowest BCUT2D eigenvalue weighted by Crippen LogP contribution is -2.00. The fourth-order valence-electron chi connectivity index (χ4n) is 2.13. The molecule has 0 bridgehead atoms. The third kappa shape index (κ3) is 2.02. The normalized spacial score (nSPS) is 18.2. The molecular weight excluding hydrogens is 180 g/mol. The van der Waals surface area contributed by atoms with Crippen LogP contribution >= 0.6 is 11.3 Å². The molecule has 72 valence electrons. The van der Waals surface area contributed by atoms with Gasteiger partial charge in [0, 0.05) is 4.88 Å². The van der Waals surface area contributed by atoms with Crippen molar-refractivity contribution in [1.82, 2.24) is 4.98 Å². The second-order valence-electron chi connectivity index (χ2n) is 3.91. The molecule has 1 aromatic heterocycles. The van der Waals surface area contributed by atoms with Crippen LogP contribution in [0.5, 0.6) is 0 Å². The molecule has 0 saturated heterocycles. The SMILES string of the molecule is Cc1sc(N)nc1CC1CCCC1. The fraction of sp³-hybridized carbons (Fsp3) is 0.700. The molecule has 0 radical (unpaired) electrons. The Balaban J connectivity index is 2.03. The van der Waals surface area contributed by atoms with Crippen LogP contribution in [0, 0.1) is 12.8 Å². The predicted octanol–water partition coefficient (Wildman–Crippen LogP) is 2.77. The first-order chi connectivity index (χ1) is 6.25. The summed E-state index contributed by atoms with van der Waals surface area (Å²) in [6.07, 6.45) is 6.74. The number of rotatable bonds is 2. The Bertz CT molecular complexity index is 287. The van der Waals surface area contributed by atoms with Crippen molar-refractivity contribution in [3.63, 3.8) is 0 Å². The Hall–Kier alpha value is -0.570. The Labute approximate surface area is 83.2 Å². The van der Waals surface area contributed by atoms with Crippen molar-refractivity contribution >= 4 is 16.5 Å². The average Bonchev–Trinajstić information content (AvgIpc) is 2.63. The smallest absolute Gasteiger partial charge is 0.180 e. The monoisotopic (exact) mass is 196 g/mol. The highest BCUT2D eigenvalue weighted by Gasteiger charge is 2.17. The largest absolute Gasteiger partial charge is 0.375 e. The molecule has 0 aromatic carbocycles. The van der Waals surface area contributed by atoms with Crippen LogP contribution in [0.3, 0.4) is 0 Å². The summed E-state index contributed by atoms with van der Waals surface area (Å²) in [4.78, 5) is 5.68. The minimum Gasteiger partial charge on any atom is -0.375 e. The number of nitrogens with zero attached hydrogens (tertiary/aromatic N) is 1. The summed E-state index contributed by atoms with van der Waals surface area (Å²) in [5.41, 5.74) is 6.91. The van der Waals surface area contributed by atoms with E-state index in [0.717, 1.165) is 17.5 Å². The summed E-state index contributed by atoms with van der Waals surface area (Å²) >= 11 is 1.62. The number of hydrogen-bond donors (Lipinski definition) is 1. The number of aryl methyl sites for hydroxylation is 1. The highest BCUT2D eigenvalue weighted by Crippen LogP contribution is 2.30. The van der Waals surface area contributed by atoms with Crippen molar-refractivity contribution in [2.45, 2.75) is 39.0 Å². The first-order valence-corrected chi connectivity index (χ1v) is 5.79. The van der Waals surface area contributed by atoms with Gasteiger partial charge in [0.2, 0.25) is 0 Å². The molecule has 2 rings (SSSR count). The van der Waals surface area contributed by atoms with Gasteiger partial charge >= 0.3 is 0 Å². The highest BCUT2D eigenvalue weighted by molar-refractivity contribution is 7.15. The quantitative estimate of drug-likeness (QED) is 0.790. The molecule has 1 fully saturated rings. The number of hydrogen-bond acceptors (Lipinski definition) is 3. The van der Waals surface area contributed by atoms with E-state index < -0.39 is 0 Å². The van der Waals surface area contributed by atoms with Gasteiger partial charge in [-0.25, -0.2) is 4.98 Å². The molecule has 1 aliphatic rings. The van der Waals surface area contributed by atoms with Gasteiger partial charge < -0.3 is 5.73 Å². The third-order valence-electron chi connectivity index (χ3n) is 2.87. The maximum Gasteiger partial charge on any atom is 0.180 e. The summed E-state index contributed by atoms with van der Waals surface area (Å²) in [7, 11) is 0. The van der Waals surface area contributed by atoms with Gasteiger partial charge in [0.25, 0.3) is 0 Å². The molecule has 1 aromatic rings. The Morgan fingerprint density at radius 2 is 2.15 bits per heavy atom. The molecule has 0 atom stereocenters. The van der Waals surface area contributed by atoms with Crippen LogP contribution in [0.15, 0.2) is 0 Å². The van der Waals surface area contributed by atoms with Crippen LogP contribution in [-0.2, 0) is 6.42 Å². The molecule has 1 saturated carbocycles. The van der Waals surface area contributed by atoms with Gasteiger partial charge in [-0.15, -0.1) is 11.3 Å². The van der Waals surface area contributed by atoms with Gasteiger partial charge in [-0.2, -0.15) is 0 Å². The van der Waals surface area contributed by atoms with Crippen LogP contribution < -0.4 is 5.73 Å². The van der Waals surface area contributed by atoms with E-state index in [4.69, 9.17) is 5.73 Å². The van der Waals surface area contributed by atoms with Crippen LogP contribution in [0.25, 0.3) is 0 Å². The first kappa shape index (κ1) is 9.00. The maximum absolute atomic E-state index is 5.66. The summed E-state index contributed by atoms with van der Waals surface area (Å²) in [5.74, 6) is 0.875. The van der Waals surface area contributed by atoms with Crippen LogP contribution in [0.4, 0.5) is 5.13 Å². The molecular formula is C10H16N2S. The maximum atomic E-state index is 5.66. The van der Waals surface area contributed by atoms with Crippen molar-refractivity contribution in [3.8, 4) is 0 Å². The van der Waals surface area contributed by atoms with Crippen molar-refractivity contribution < 1.29 is 0 Å². The van der Waals surface area contributed by atoms with Gasteiger partial charge in [-0.05, 0) is 19.3 Å². The molecule has 2 nitrogen and oxygen atoms in total. The van der Waals surface area contributed by atoms with Crippen molar-refractivity contribution in [2.24, 2.45) is 5.92 Å². The zero-order valence-electron chi connectivity index (χ0n) is 8.05. The van der Waals surface area contributed by atoms with E-state index in [-0.39, 0.29) is 0 Å². The first-order valence-electron chi connectivity index (χ1n) is 4.97. The third-order valence-corrected chi connectivity index (χ3v) is 3.71. The number of aromatic nitrogens is 1. The van der Waals surface area contributed by atoms with Gasteiger partial charge in [0.1, 0.15) is 0 Å². The van der Waals surface area contributed by atoms with E-state index in [1.54, 1.807) is 11.3 Å². The van der Waals surface area contributed by atoms with Gasteiger partial charge in [-0.1, -0.05) is 25.7 Å². The minimum absolute atomic E-state index is 0.727. The van der Waals surface area contributed by atoms with E-state index in [2.05, 4.69) is 11.9 Å². The zero-order valence-corrected chi connectivity index (χ0v) is 8.86. The zero-order chi connectivity index (χ0) is 9.26. The summed E-state index contributed by atoms with van der Waals surface area (Å²) in [5, 5.41) is 0.727. The van der Waals surface area contributed by atoms with Crippen LogP contribution in [0.2, 0.25) is 0 Å². The number of nitrogen functional groups attached to an aromatic ring is 1.